The van der Waals surface area contributed by atoms with Crippen LogP contribution in [0.25, 0.3) is 0 Å². The van der Waals surface area contributed by atoms with Crippen molar-refractivity contribution >= 4 is 16.2 Å². The standard InChI is InChI=1S/C19H29NO6S/c1-13-8-10-15(11-9-13)27(22,23)24-12-16-14(2)25-19(6,7)20(16)17(21)26-18(3,4)5/h8-11,14,16H,12H2,1-7H3/t14-,16-/m1/s1. The van der Waals surface area contributed by atoms with Crippen LogP contribution in [0.1, 0.15) is 47.1 Å². The van der Waals surface area contributed by atoms with Gasteiger partial charge < -0.3 is 9.47 Å². The van der Waals surface area contributed by atoms with Crippen LogP contribution in [0.5, 0.6) is 0 Å². The van der Waals surface area contributed by atoms with Crippen LogP contribution >= 0.6 is 0 Å². The molecule has 0 aromatic heterocycles. The molecule has 152 valence electrons. The zero-order valence-corrected chi connectivity index (χ0v) is 17.8. The Balaban J connectivity index is 2.19. The fourth-order valence-electron chi connectivity index (χ4n) is 3.01. The fourth-order valence-corrected chi connectivity index (χ4v) is 3.93. The molecule has 1 aromatic rings. The van der Waals surface area contributed by atoms with E-state index >= 15 is 0 Å². The Morgan fingerprint density at radius 1 is 1.22 bits per heavy atom. The Morgan fingerprint density at radius 2 is 1.78 bits per heavy atom. The minimum atomic E-state index is -3.94. The highest BCUT2D eigenvalue weighted by Gasteiger charge is 2.50. The van der Waals surface area contributed by atoms with Crippen LogP contribution < -0.4 is 0 Å². The number of ether oxygens (including phenoxy) is 2. The molecule has 1 amide bonds. The summed E-state index contributed by atoms with van der Waals surface area (Å²) in [7, 11) is -3.94. The van der Waals surface area contributed by atoms with Crippen molar-refractivity contribution in [2.75, 3.05) is 6.61 Å². The van der Waals surface area contributed by atoms with E-state index < -0.39 is 39.7 Å². The third-order valence-electron chi connectivity index (χ3n) is 4.22. The van der Waals surface area contributed by atoms with Gasteiger partial charge in [-0.15, -0.1) is 0 Å². The summed E-state index contributed by atoms with van der Waals surface area (Å²) in [6, 6.07) is 5.79. The van der Waals surface area contributed by atoms with Gasteiger partial charge in [-0.2, -0.15) is 8.42 Å². The maximum Gasteiger partial charge on any atom is 0.412 e. The van der Waals surface area contributed by atoms with Gasteiger partial charge in [-0.3, -0.25) is 9.08 Å². The van der Waals surface area contributed by atoms with Crippen molar-refractivity contribution in [1.29, 1.82) is 0 Å². The first-order chi connectivity index (χ1) is 12.2. The molecule has 0 unspecified atom stereocenters. The molecule has 1 saturated heterocycles. The molecule has 7 nitrogen and oxygen atoms in total. The van der Waals surface area contributed by atoms with Crippen LogP contribution in [-0.2, 0) is 23.8 Å². The molecule has 0 spiro atoms. The topological polar surface area (TPSA) is 82.1 Å². The van der Waals surface area contributed by atoms with E-state index in [1.165, 1.54) is 17.0 Å². The molecule has 2 atom stereocenters. The smallest absolute Gasteiger partial charge is 0.412 e. The monoisotopic (exact) mass is 399 g/mol. The number of rotatable bonds is 4. The van der Waals surface area contributed by atoms with E-state index in [2.05, 4.69) is 0 Å². The van der Waals surface area contributed by atoms with Gasteiger partial charge in [0, 0.05) is 0 Å². The van der Waals surface area contributed by atoms with Crippen molar-refractivity contribution in [1.82, 2.24) is 4.90 Å². The molecule has 1 heterocycles. The molecule has 1 fully saturated rings. The molecule has 27 heavy (non-hydrogen) atoms. The van der Waals surface area contributed by atoms with Gasteiger partial charge in [0.2, 0.25) is 0 Å². The number of hydrogen-bond donors (Lipinski definition) is 0. The van der Waals surface area contributed by atoms with Crippen LogP contribution in [0.2, 0.25) is 0 Å². The first kappa shape index (κ1) is 21.7. The molecule has 1 aliphatic rings. The van der Waals surface area contributed by atoms with Crippen molar-refractivity contribution in [3.05, 3.63) is 29.8 Å². The van der Waals surface area contributed by atoms with Crippen LogP contribution in [0, 0.1) is 6.92 Å². The van der Waals surface area contributed by atoms with Gasteiger partial charge >= 0.3 is 6.09 Å². The molecular formula is C19H29NO6S. The Labute approximate surface area is 161 Å². The average Bonchev–Trinajstić information content (AvgIpc) is 2.72. The van der Waals surface area contributed by atoms with E-state index in [4.69, 9.17) is 13.7 Å². The zero-order chi connectivity index (χ0) is 20.6. The summed E-state index contributed by atoms with van der Waals surface area (Å²) in [4.78, 5) is 14.2. The van der Waals surface area contributed by atoms with Gasteiger partial charge in [0.25, 0.3) is 10.1 Å². The average molecular weight is 400 g/mol. The lowest BCUT2D eigenvalue weighted by Gasteiger charge is -2.34. The largest absolute Gasteiger partial charge is 0.444 e. The molecule has 0 saturated carbocycles. The van der Waals surface area contributed by atoms with E-state index in [0.29, 0.717) is 0 Å². The van der Waals surface area contributed by atoms with E-state index in [-0.39, 0.29) is 11.5 Å². The van der Waals surface area contributed by atoms with Gasteiger partial charge in [0.15, 0.2) is 0 Å². The second-order valence-electron chi connectivity index (χ2n) is 8.24. The van der Waals surface area contributed by atoms with Crippen molar-refractivity contribution < 1.29 is 26.9 Å². The normalized spacial score (nSPS) is 22.7. The first-order valence-corrected chi connectivity index (χ1v) is 10.3. The van der Waals surface area contributed by atoms with Gasteiger partial charge in [0.05, 0.1) is 23.6 Å². The third kappa shape index (κ3) is 5.21. The summed E-state index contributed by atoms with van der Waals surface area (Å²) in [6.07, 6.45) is -0.987. The summed E-state index contributed by atoms with van der Waals surface area (Å²) in [5.74, 6) is 0. The highest BCUT2D eigenvalue weighted by molar-refractivity contribution is 7.86. The van der Waals surface area contributed by atoms with E-state index in [0.717, 1.165) is 5.56 Å². The Morgan fingerprint density at radius 3 is 2.30 bits per heavy atom. The van der Waals surface area contributed by atoms with Crippen molar-refractivity contribution in [3.63, 3.8) is 0 Å². The van der Waals surface area contributed by atoms with E-state index in [9.17, 15) is 13.2 Å². The molecule has 1 aromatic carbocycles. The molecule has 0 aliphatic carbocycles. The molecular weight excluding hydrogens is 370 g/mol. The quantitative estimate of drug-likeness (QED) is 0.721. The fraction of sp³-hybridized carbons (Fsp3) is 0.632. The number of nitrogens with zero attached hydrogens (tertiary/aromatic N) is 1. The maximum atomic E-state index is 12.7. The van der Waals surface area contributed by atoms with Crippen molar-refractivity contribution in [2.24, 2.45) is 0 Å². The summed E-state index contributed by atoms with van der Waals surface area (Å²) in [6.45, 7) is 12.2. The van der Waals surface area contributed by atoms with Crippen LogP contribution in [0.4, 0.5) is 4.79 Å². The lowest BCUT2D eigenvalue weighted by molar-refractivity contribution is -0.0760. The number of aryl methyl sites for hydroxylation is 1. The molecule has 2 rings (SSSR count). The summed E-state index contributed by atoms with van der Waals surface area (Å²) in [5, 5.41) is 0. The van der Waals surface area contributed by atoms with Gasteiger partial charge in [-0.1, -0.05) is 17.7 Å². The van der Waals surface area contributed by atoms with Crippen molar-refractivity contribution in [2.45, 2.75) is 76.8 Å². The summed E-state index contributed by atoms with van der Waals surface area (Å²) >= 11 is 0. The molecule has 1 aliphatic heterocycles. The Kier molecular flexibility index (Phi) is 5.94. The Bertz CT molecular complexity index is 779. The number of carbonyl (C=O) groups excluding carboxylic acids is 1. The van der Waals surface area contributed by atoms with Gasteiger partial charge in [-0.05, 0) is 60.6 Å². The molecule has 0 radical (unpaired) electrons. The van der Waals surface area contributed by atoms with Crippen LogP contribution in [-0.4, -0.2) is 49.5 Å². The lowest BCUT2D eigenvalue weighted by atomic mass is 10.1. The third-order valence-corrected chi connectivity index (χ3v) is 5.52. The predicted molar refractivity (Wildman–Crippen MR) is 101 cm³/mol. The number of benzene rings is 1. The zero-order valence-electron chi connectivity index (χ0n) is 17.0. The second kappa shape index (κ2) is 7.41. The molecule has 8 heteroatoms. The molecule has 0 N–H and O–H groups in total. The molecule has 0 bridgehead atoms. The summed E-state index contributed by atoms with van der Waals surface area (Å²) < 4.78 is 41.5. The predicted octanol–water partition coefficient (Wildman–Crippen LogP) is 3.46. The van der Waals surface area contributed by atoms with Gasteiger partial charge in [0.1, 0.15) is 11.3 Å². The van der Waals surface area contributed by atoms with Crippen molar-refractivity contribution in [3.8, 4) is 0 Å². The van der Waals surface area contributed by atoms with E-state index in [1.54, 1.807) is 53.7 Å². The maximum absolute atomic E-state index is 12.7. The first-order valence-electron chi connectivity index (χ1n) is 8.89. The minimum absolute atomic E-state index is 0.0720. The second-order valence-corrected chi connectivity index (χ2v) is 9.85. The van der Waals surface area contributed by atoms with Gasteiger partial charge in [-0.25, -0.2) is 4.79 Å². The minimum Gasteiger partial charge on any atom is -0.444 e. The highest BCUT2D eigenvalue weighted by Crippen LogP contribution is 2.34. The van der Waals surface area contributed by atoms with E-state index in [1.807, 2.05) is 6.92 Å². The number of hydrogen-bond acceptors (Lipinski definition) is 6. The number of carbonyl (C=O) groups is 1. The summed E-state index contributed by atoms with van der Waals surface area (Å²) in [5.41, 5.74) is -0.675. The van der Waals surface area contributed by atoms with Crippen LogP contribution in [0.3, 0.4) is 0 Å². The highest BCUT2D eigenvalue weighted by atomic mass is 32.2. The SMILES string of the molecule is Cc1ccc(S(=O)(=O)OC[C@@H]2[C@@H](C)OC(C)(C)N2C(=O)OC(C)(C)C)cc1. The van der Waals surface area contributed by atoms with Crippen LogP contribution in [0.15, 0.2) is 29.2 Å². The Hall–Kier alpha value is -1.64. The lowest BCUT2D eigenvalue weighted by Crippen LogP contribution is -2.51. The number of amides is 1.